The molecule has 0 spiro atoms. The molecule has 0 saturated carbocycles. The molecule has 17 heavy (non-hydrogen) atoms. The van der Waals surface area contributed by atoms with Crippen molar-refractivity contribution < 1.29 is 14.6 Å². The number of aliphatic hydroxyl groups excluding tert-OH is 1. The molecule has 0 atom stereocenters. The molecule has 0 aliphatic rings. The minimum Gasteiger partial charge on any atom is -0.490 e. The molecule has 1 aromatic heterocycles. The molecule has 96 valence electrons. The van der Waals surface area contributed by atoms with Crippen molar-refractivity contribution in [1.29, 1.82) is 0 Å². The molecule has 7 heteroatoms. The standard InChI is InChI=1S/C10H17N3O4/c11-1-4-17-9-7-10(15)13(12-8-9)2-5-16-6-3-14/h7-8,14H,1-6,11H2. The van der Waals surface area contributed by atoms with Gasteiger partial charge in [-0.25, -0.2) is 4.68 Å². The van der Waals surface area contributed by atoms with Gasteiger partial charge in [-0.05, 0) is 0 Å². The second-order valence-corrected chi connectivity index (χ2v) is 3.23. The first-order valence-corrected chi connectivity index (χ1v) is 5.36. The highest BCUT2D eigenvalue weighted by Gasteiger charge is 2.00. The predicted octanol–water partition coefficient (Wildman–Crippen LogP) is -1.41. The Morgan fingerprint density at radius 2 is 2.24 bits per heavy atom. The first-order chi connectivity index (χ1) is 8.27. The van der Waals surface area contributed by atoms with Crippen LogP contribution in [-0.2, 0) is 11.3 Å². The number of rotatable bonds is 8. The minimum absolute atomic E-state index is 0.0335. The summed E-state index contributed by atoms with van der Waals surface area (Å²) >= 11 is 0. The molecule has 0 aromatic carbocycles. The highest BCUT2D eigenvalue weighted by molar-refractivity contribution is 5.13. The van der Waals surface area contributed by atoms with Gasteiger partial charge in [-0.15, -0.1) is 0 Å². The van der Waals surface area contributed by atoms with Crippen LogP contribution in [0.4, 0.5) is 0 Å². The van der Waals surface area contributed by atoms with Crippen LogP contribution in [-0.4, -0.2) is 47.9 Å². The molecular formula is C10H17N3O4. The van der Waals surface area contributed by atoms with Gasteiger partial charge in [-0.2, -0.15) is 5.10 Å². The third-order valence-corrected chi connectivity index (χ3v) is 1.91. The molecule has 1 heterocycles. The summed E-state index contributed by atoms with van der Waals surface area (Å²) in [5.41, 5.74) is 5.02. The number of nitrogens with zero attached hydrogens (tertiary/aromatic N) is 2. The van der Waals surface area contributed by atoms with Gasteiger partial charge in [0.1, 0.15) is 12.4 Å². The van der Waals surface area contributed by atoms with Crippen LogP contribution >= 0.6 is 0 Å². The van der Waals surface area contributed by atoms with E-state index in [1.807, 2.05) is 0 Å². The number of nitrogens with two attached hydrogens (primary N) is 1. The molecule has 0 unspecified atom stereocenters. The lowest BCUT2D eigenvalue weighted by Gasteiger charge is -2.07. The molecule has 0 fully saturated rings. The van der Waals surface area contributed by atoms with Crippen LogP contribution in [0, 0.1) is 0 Å². The zero-order valence-electron chi connectivity index (χ0n) is 9.54. The lowest BCUT2D eigenvalue weighted by atomic mass is 10.5. The SMILES string of the molecule is NCCOc1cnn(CCOCCO)c(=O)c1. The zero-order chi connectivity index (χ0) is 12.5. The number of ether oxygens (including phenoxy) is 2. The van der Waals surface area contributed by atoms with Gasteiger partial charge in [0.15, 0.2) is 0 Å². The van der Waals surface area contributed by atoms with Crippen LogP contribution in [0.2, 0.25) is 0 Å². The summed E-state index contributed by atoms with van der Waals surface area (Å²) in [4.78, 5) is 11.6. The summed E-state index contributed by atoms with van der Waals surface area (Å²) in [6.45, 7) is 1.63. The van der Waals surface area contributed by atoms with Crippen LogP contribution in [0.1, 0.15) is 0 Å². The molecule has 1 rings (SSSR count). The number of hydrogen-bond donors (Lipinski definition) is 2. The molecule has 7 nitrogen and oxygen atoms in total. The van der Waals surface area contributed by atoms with Crippen molar-refractivity contribution in [2.45, 2.75) is 6.54 Å². The van der Waals surface area contributed by atoms with Crippen molar-refractivity contribution in [2.75, 3.05) is 33.0 Å². The van der Waals surface area contributed by atoms with Gasteiger partial charge in [-0.1, -0.05) is 0 Å². The van der Waals surface area contributed by atoms with E-state index in [-0.39, 0.29) is 18.8 Å². The molecule has 0 bridgehead atoms. The normalized spacial score (nSPS) is 10.5. The Balaban J connectivity index is 2.48. The fourth-order valence-corrected chi connectivity index (χ4v) is 1.16. The van der Waals surface area contributed by atoms with Crippen LogP contribution in [0.3, 0.4) is 0 Å². The van der Waals surface area contributed by atoms with Gasteiger partial charge in [0, 0.05) is 12.6 Å². The van der Waals surface area contributed by atoms with E-state index in [2.05, 4.69) is 5.10 Å². The first kappa shape index (κ1) is 13.6. The van der Waals surface area contributed by atoms with Gasteiger partial charge in [0.2, 0.25) is 0 Å². The van der Waals surface area contributed by atoms with E-state index >= 15 is 0 Å². The van der Waals surface area contributed by atoms with Crippen LogP contribution in [0.25, 0.3) is 0 Å². The summed E-state index contributed by atoms with van der Waals surface area (Å²) in [6, 6.07) is 1.36. The molecule has 0 aliphatic heterocycles. The maximum Gasteiger partial charge on any atom is 0.270 e. The van der Waals surface area contributed by atoms with Crippen molar-refractivity contribution in [1.82, 2.24) is 9.78 Å². The molecule has 0 saturated heterocycles. The van der Waals surface area contributed by atoms with Crippen molar-refractivity contribution in [3.05, 3.63) is 22.6 Å². The quantitative estimate of drug-likeness (QED) is 0.544. The average molecular weight is 243 g/mol. The van der Waals surface area contributed by atoms with Gasteiger partial charge in [0.25, 0.3) is 5.56 Å². The molecule has 0 amide bonds. The highest BCUT2D eigenvalue weighted by atomic mass is 16.5. The molecule has 3 N–H and O–H groups in total. The molecule has 0 aliphatic carbocycles. The Morgan fingerprint density at radius 1 is 1.41 bits per heavy atom. The van der Waals surface area contributed by atoms with Crippen molar-refractivity contribution in [2.24, 2.45) is 5.73 Å². The predicted molar refractivity (Wildman–Crippen MR) is 61.0 cm³/mol. The van der Waals surface area contributed by atoms with Gasteiger partial charge >= 0.3 is 0 Å². The smallest absolute Gasteiger partial charge is 0.270 e. The first-order valence-electron chi connectivity index (χ1n) is 5.36. The van der Waals surface area contributed by atoms with Gasteiger partial charge in [-0.3, -0.25) is 4.79 Å². The van der Waals surface area contributed by atoms with E-state index in [9.17, 15) is 4.79 Å². The fraction of sp³-hybridized carbons (Fsp3) is 0.600. The molecular weight excluding hydrogens is 226 g/mol. The van der Waals surface area contributed by atoms with Crippen molar-refractivity contribution in [3.63, 3.8) is 0 Å². The molecule has 0 radical (unpaired) electrons. The Kier molecular flexibility index (Phi) is 6.23. The van der Waals surface area contributed by atoms with Crippen molar-refractivity contribution in [3.8, 4) is 5.75 Å². The minimum atomic E-state index is -0.257. The monoisotopic (exact) mass is 243 g/mol. The Hall–Kier alpha value is -1.44. The number of hydrogen-bond acceptors (Lipinski definition) is 6. The second kappa shape index (κ2) is 7.77. The summed E-state index contributed by atoms with van der Waals surface area (Å²) in [5, 5.41) is 12.4. The van der Waals surface area contributed by atoms with E-state index < -0.39 is 0 Å². The Labute approximate surface area is 98.8 Å². The molecule has 1 aromatic rings. The maximum absolute atomic E-state index is 11.6. The van der Waals surface area contributed by atoms with Crippen molar-refractivity contribution >= 4 is 0 Å². The number of aromatic nitrogens is 2. The third kappa shape index (κ3) is 4.94. The zero-order valence-corrected chi connectivity index (χ0v) is 9.54. The van der Waals surface area contributed by atoms with Crippen LogP contribution < -0.4 is 16.0 Å². The lowest BCUT2D eigenvalue weighted by Crippen LogP contribution is -2.25. The van der Waals surface area contributed by atoms with E-state index in [0.29, 0.717) is 32.1 Å². The van der Waals surface area contributed by atoms with E-state index in [1.165, 1.54) is 16.9 Å². The third-order valence-electron chi connectivity index (χ3n) is 1.91. The van der Waals surface area contributed by atoms with E-state index in [1.54, 1.807) is 0 Å². The summed E-state index contributed by atoms with van der Waals surface area (Å²) in [6.07, 6.45) is 1.46. The lowest BCUT2D eigenvalue weighted by molar-refractivity contribution is 0.0846. The Morgan fingerprint density at radius 3 is 2.88 bits per heavy atom. The topological polar surface area (TPSA) is 99.6 Å². The van der Waals surface area contributed by atoms with Gasteiger partial charge < -0.3 is 20.3 Å². The fourth-order valence-electron chi connectivity index (χ4n) is 1.16. The maximum atomic E-state index is 11.6. The van der Waals surface area contributed by atoms with E-state index in [4.69, 9.17) is 20.3 Å². The van der Waals surface area contributed by atoms with Crippen LogP contribution in [0.15, 0.2) is 17.1 Å². The Bertz CT molecular complexity index is 380. The van der Waals surface area contributed by atoms with Crippen LogP contribution in [0.5, 0.6) is 5.75 Å². The average Bonchev–Trinajstić information content (AvgIpc) is 2.34. The summed E-state index contributed by atoms with van der Waals surface area (Å²) < 4.78 is 11.5. The second-order valence-electron chi connectivity index (χ2n) is 3.23. The highest BCUT2D eigenvalue weighted by Crippen LogP contribution is 2.02. The van der Waals surface area contributed by atoms with E-state index in [0.717, 1.165) is 0 Å². The number of aliphatic hydroxyl groups is 1. The summed E-state index contributed by atoms with van der Waals surface area (Å²) in [7, 11) is 0. The summed E-state index contributed by atoms with van der Waals surface area (Å²) in [5.74, 6) is 0.410. The van der Waals surface area contributed by atoms with Gasteiger partial charge in [0.05, 0.1) is 32.6 Å². The largest absolute Gasteiger partial charge is 0.490 e.